The largest absolute Gasteiger partial charge is 0.339 e. The van der Waals surface area contributed by atoms with Gasteiger partial charge >= 0.3 is 0 Å². The third kappa shape index (κ3) is 1.02. The molecule has 0 aliphatic carbocycles. The van der Waals surface area contributed by atoms with Crippen LogP contribution in [-0.2, 0) is 4.74 Å². The second-order valence-electron chi connectivity index (χ2n) is 2.08. The number of nitrogens with zero attached hydrogens (tertiary/aromatic N) is 1. The van der Waals surface area contributed by atoms with Crippen molar-refractivity contribution < 1.29 is 4.74 Å². The fourth-order valence-corrected chi connectivity index (χ4v) is 0.619. The second kappa shape index (κ2) is 2.05. The smallest absolute Gasteiger partial charge is 0.181 e. The summed E-state index contributed by atoms with van der Waals surface area (Å²) >= 11 is 0. The molecule has 1 aliphatic rings. The summed E-state index contributed by atoms with van der Waals surface area (Å²) < 4.78 is 5.02. The van der Waals surface area contributed by atoms with Crippen molar-refractivity contribution >= 4 is 7.98 Å². The van der Waals surface area contributed by atoms with Gasteiger partial charge in [-0.05, 0) is 14.1 Å². The monoisotopic (exact) mass is 112 g/mol. The van der Waals surface area contributed by atoms with Crippen molar-refractivity contribution in [1.29, 1.82) is 0 Å². The first-order chi connectivity index (χ1) is 3.75. The molecule has 8 heavy (non-hydrogen) atoms. The molecule has 0 aromatic heterocycles. The summed E-state index contributed by atoms with van der Waals surface area (Å²) in [6, 6.07) is 0. The summed E-state index contributed by atoms with van der Waals surface area (Å²) in [6.45, 7) is 0. The van der Waals surface area contributed by atoms with Gasteiger partial charge < -0.3 is 9.96 Å². The molecule has 0 aromatic rings. The summed E-state index contributed by atoms with van der Waals surface area (Å²) in [5.41, 5.74) is 0. The molecule has 0 bridgehead atoms. The minimum absolute atomic E-state index is 0.0463. The lowest BCUT2D eigenvalue weighted by Crippen LogP contribution is -2.24. The van der Waals surface area contributed by atoms with Crippen LogP contribution in [0.4, 0.5) is 0 Å². The summed E-state index contributed by atoms with van der Waals surface area (Å²) in [4.78, 5) is 1.96. The Bertz CT molecular complexity index is 88.1. The molecule has 4 heteroatoms. The van der Waals surface area contributed by atoms with Crippen molar-refractivity contribution in [3.63, 3.8) is 0 Å². The summed E-state index contributed by atoms with van der Waals surface area (Å²) in [7, 11) is 8.95. The fourth-order valence-electron chi connectivity index (χ4n) is 0.619. The van der Waals surface area contributed by atoms with Gasteiger partial charge in [0.25, 0.3) is 0 Å². The molecular weight excluding hydrogens is 103 g/mol. The topological polar surface area (TPSA) is 27.8 Å². The molecule has 0 spiro atoms. The average Bonchev–Trinajstić information content (AvgIpc) is 2.42. The van der Waals surface area contributed by atoms with Crippen molar-refractivity contribution in [2.24, 2.45) is 0 Å². The van der Waals surface area contributed by atoms with Crippen LogP contribution in [0.25, 0.3) is 0 Å². The Morgan fingerprint density at radius 1 is 1.62 bits per heavy atom. The maximum atomic E-state index is 5.06. The third-order valence-corrected chi connectivity index (χ3v) is 1.14. The fraction of sp³-hybridized carbons (Fsp3) is 1.00. The molecule has 1 heterocycles. The highest BCUT2D eigenvalue weighted by Gasteiger charge is 2.38. The van der Waals surface area contributed by atoms with Gasteiger partial charge in [-0.15, -0.1) is 0 Å². The van der Waals surface area contributed by atoms with E-state index in [0.717, 1.165) is 0 Å². The van der Waals surface area contributed by atoms with E-state index < -0.39 is 0 Å². The average molecular weight is 112 g/mol. The number of epoxide rings is 1. The molecule has 44 valence electrons. The summed E-state index contributed by atoms with van der Waals surface area (Å²) in [6.07, 6.45) is 0.227. The molecule has 1 saturated heterocycles. The molecule has 0 amide bonds. The normalized spacial score (nSPS) is 35.9. The molecule has 2 radical (unpaired) electrons. The molecule has 2 atom stereocenters. The van der Waals surface area contributed by atoms with E-state index in [9.17, 15) is 0 Å². The van der Waals surface area contributed by atoms with E-state index in [0.29, 0.717) is 0 Å². The number of rotatable bonds is 2. The molecule has 1 rings (SSSR count). The Hall–Kier alpha value is -0.0551. The van der Waals surface area contributed by atoms with Gasteiger partial charge in [-0.25, -0.2) is 0 Å². The predicted octanol–water partition coefficient (Wildman–Crippen LogP) is -1.10. The van der Waals surface area contributed by atoms with Gasteiger partial charge in [0.05, 0.1) is 0 Å². The highest BCUT2D eigenvalue weighted by atomic mass is 16.6. The first kappa shape index (κ1) is 6.07. The van der Waals surface area contributed by atoms with Gasteiger partial charge in [0, 0.05) is 0 Å². The number of likely N-dealkylation sites (N-methyl/N-ethyl adjacent to an activating group) is 1. The van der Waals surface area contributed by atoms with Gasteiger partial charge in [-0.2, -0.15) is 0 Å². The quantitative estimate of drug-likeness (QED) is 0.363. The van der Waals surface area contributed by atoms with E-state index in [1.807, 2.05) is 19.0 Å². The number of hydrogen-bond acceptors (Lipinski definition) is 3. The van der Waals surface area contributed by atoms with Gasteiger partial charge in [0.1, 0.15) is 6.23 Å². The molecule has 2 unspecified atom stereocenters. The lowest BCUT2D eigenvalue weighted by molar-refractivity contribution is 0.244. The van der Waals surface area contributed by atoms with Gasteiger partial charge in [-0.3, -0.25) is 4.90 Å². The van der Waals surface area contributed by atoms with Crippen LogP contribution in [0.2, 0.25) is 0 Å². The predicted molar refractivity (Wildman–Crippen MR) is 31.2 cm³/mol. The first-order valence-corrected chi connectivity index (χ1v) is 2.53. The Morgan fingerprint density at radius 2 is 2.25 bits per heavy atom. The second-order valence-corrected chi connectivity index (χ2v) is 2.08. The lowest BCUT2D eigenvalue weighted by atomic mass is 10.4. The van der Waals surface area contributed by atoms with Crippen LogP contribution in [0.5, 0.6) is 0 Å². The zero-order chi connectivity index (χ0) is 6.15. The van der Waals surface area contributed by atoms with E-state index in [4.69, 9.17) is 12.7 Å². The van der Waals surface area contributed by atoms with Crippen LogP contribution in [0, 0.1) is 0 Å². The zero-order valence-electron chi connectivity index (χ0n) is 5.09. The molecule has 1 fully saturated rings. The van der Waals surface area contributed by atoms with Crippen molar-refractivity contribution in [2.75, 3.05) is 14.1 Å². The van der Waals surface area contributed by atoms with Crippen LogP contribution in [0.3, 0.4) is 0 Å². The van der Waals surface area contributed by atoms with Crippen LogP contribution in [-0.4, -0.2) is 39.4 Å². The number of nitrogens with one attached hydrogen (secondary N) is 1. The van der Waals surface area contributed by atoms with Crippen molar-refractivity contribution in [3.05, 3.63) is 0 Å². The molecule has 1 N–H and O–H groups in total. The minimum atomic E-state index is 0.0463. The molecule has 3 nitrogen and oxygen atoms in total. The maximum Gasteiger partial charge on any atom is 0.181 e. The molecular formula is C4H9BN2O. The van der Waals surface area contributed by atoms with Crippen LogP contribution < -0.4 is 5.23 Å². The van der Waals surface area contributed by atoms with E-state index >= 15 is 0 Å². The Balaban J connectivity index is 2.16. The highest BCUT2D eigenvalue weighted by molar-refractivity contribution is 6.04. The van der Waals surface area contributed by atoms with E-state index in [1.165, 1.54) is 0 Å². The van der Waals surface area contributed by atoms with E-state index in [2.05, 4.69) is 5.23 Å². The Kier molecular flexibility index (Phi) is 1.55. The van der Waals surface area contributed by atoms with Crippen LogP contribution in [0.1, 0.15) is 0 Å². The minimum Gasteiger partial charge on any atom is -0.339 e. The van der Waals surface area contributed by atoms with E-state index in [1.54, 1.807) is 0 Å². The summed E-state index contributed by atoms with van der Waals surface area (Å²) in [5.74, 6) is 0. The number of ether oxygens (including phenoxy) is 1. The SMILES string of the molecule is [B]NC1OC1N(C)C. The highest BCUT2D eigenvalue weighted by Crippen LogP contribution is 2.19. The zero-order valence-corrected chi connectivity index (χ0v) is 5.09. The summed E-state index contributed by atoms with van der Waals surface area (Å²) in [5, 5.41) is 2.51. The molecule has 1 aliphatic heterocycles. The van der Waals surface area contributed by atoms with Crippen molar-refractivity contribution in [2.45, 2.75) is 12.5 Å². The van der Waals surface area contributed by atoms with Crippen molar-refractivity contribution in [3.8, 4) is 0 Å². The lowest BCUT2D eigenvalue weighted by Gasteiger charge is -2.02. The van der Waals surface area contributed by atoms with Gasteiger partial charge in [-0.1, -0.05) is 0 Å². The standard InChI is InChI=1S/C4H9BN2O/c1-7(2)4-3(6-5)8-4/h3-4,6H,1-2H3. The van der Waals surface area contributed by atoms with Gasteiger partial charge in [0.15, 0.2) is 14.2 Å². The van der Waals surface area contributed by atoms with Crippen molar-refractivity contribution in [1.82, 2.24) is 10.1 Å². The van der Waals surface area contributed by atoms with Gasteiger partial charge in [0.2, 0.25) is 0 Å². The third-order valence-electron chi connectivity index (χ3n) is 1.14. The molecule has 0 saturated carbocycles. The number of hydrogen-bond donors (Lipinski definition) is 1. The Labute approximate surface area is 50.4 Å². The van der Waals surface area contributed by atoms with Crippen LogP contribution in [0.15, 0.2) is 0 Å². The molecule has 0 aromatic carbocycles. The first-order valence-electron chi connectivity index (χ1n) is 2.53. The van der Waals surface area contributed by atoms with E-state index in [-0.39, 0.29) is 12.5 Å². The van der Waals surface area contributed by atoms with Crippen LogP contribution >= 0.6 is 0 Å². The Morgan fingerprint density at radius 3 is 2.38 bits per heavy atom. The maximum absolute atomic E-state index is 5.06.